The number of benzene rings is 1. The highest BCUT2D eigenvalue weighted by molar-refractivity contribution is 9.10. The Morgan fingerprint density at radius 3 is 2.81 bits per heavy atom. The van der Waals surface area contributed by atoms with Crippen LogP contribution in [-0.2, 0) is 9.53 Å². The van der Waals surface area contributed by atoms with Crippen LogP contribution in [0.2, 0.25) is 0 Å². The molecule has 1 fully saturated rings. The number of carbonyl (C=O) groups excluding carboxylic acids is 1. The van der Waals surface area contributed by atoms with E-state index in [4.69, 9.17) is 4.74 Å². The molecule has 1 heterocycles. The molecule has 1 aliphatic rings. The van der Waals surface area contributed by atoms with Gasteiger partial charge < -0.3 is 4.74 Å². The van der Waals surface area contributed by atoms with E-state index < -0.39 is 17.7 Å². The molecular formula is C11H9BrF2O2. The van der Waals surface area contributed by atoms with Gasteiger partial charge in [0, 0.05) is 24.5 Å². The molecule has 1 saturated heterocycles. The van der Waals surface area contributed by atoms with Crippen LogP contribution in [0.25, 0.3) is 0 Å². The van der Waals surface area contributed by atoms with Crippen molar-refractivity contribution < 1.29 is 18.3 Å². The van der Waals surface area contributed by atoms with Crippen molar-refractivity contribution in [1.29, 1.82) is 0 Å². The number of Topliss-reactive ketones (excluding diaryl/α,β-unsaturated/α-hetero) is 1. The number of carbonyl (C=O) groups is 1. The van der Waals surface area contributed by atoms with Crippen LogP contribution in [0, 0.1) is 11.6 Å². The van der Waals surface area contributed by atoms with E-state index in [0.717, 1.165) is 6.07 Å². The zero-order chi connectivity index (χ0) is 11.7. The van der Waals surface area contributed by atoms with Crippen molar-refractivity contribution in [3.05, 3.63) is 33.8 Å². The highest BCUT2D eigenvalue weighted by atomic mass is 79.9. The summed E-state index contributed by atoms with van der Waals surface area (Å²) in [5.74, 6) is -1.30. The first-order chi connectivity index (χ1) is 7.58. The second-order valence-electron chi connectivity index (χ2n) is 3.64. The van der Waals surface area contributed by atoms with Gasteiger partial charge in [0.25, 0.3) is 0 Å². The highest BCUT2D eigenvalue weighted by Crippen LogP contribution is 2.33. The van der Waals surface area contributed by atoms with Gasteiger partial charge in [0.05, 0.1) is 17.2 Å². The second-order valence-corrected chi connectivity index (χ2v) is 4.44. The Morgan fingerprint density at radius 2 is 2.12 bits per heavy atom. The molecule has 5 heteroatoms. The molecule has 0 bridgehead atoms. The first-order valence-corrected chi connectivity index (χ1v) is 5.65. The van der Waals surface area contributed by atoms with Crippen molar-refractivity contribution in [2.75, 3.05) is 6.61 Å². The fourth-order valence-electron chi connectivity index (χ4n) is 1.69. The van der Waals surface area contributed by atoms with Crippen LogP contribution in [0.15, 0.2) is 16.6 Å². The van der Waals surface area contributed by atoms with Crippen molar-refractivity contribution >= 4 is 21.7 Å². The maximum Gasteiger partial charge on any atom is 0.140 e. The lowest BCUT2D eigenvalue weighted by Crippen LogP contribution is -2.20. The molecule has 0 spiro atoms. The van der Waals surface area contributed by atoms with Crippen LogP contribution >= 0.6 is 15.9 Å². The van der Waals surface area contributed by atoms with Gasteiger partial charge in [0.15, 0.2) is 0 Å². The van der Waals surface area contributed by atoms with Crippen molar-refractivity contribution in [3.63, 3.8) is 0 Å². The van der Waals surface area contributed by atoms with E-state index in [1.165, 1.54) is 6.07 Å². The number of halogens is 3. The van der Waals surface area contributed by atoms with Crippen molar-refractivity contribution in [2.24, 2.45) is 0 Å². The summed E-state index contributed by atoms with van der Waals surface area (Å²) in [4.78, 5) is 11.2. The Morgan fingerprint density at radius 1 is 1.38 bits per heavy atom. The Balaban J connectivity index is 2.35. The average Bonchev–Trinajstić information content (AvgIpc) is 2.23. The van der Waals surface area contributed by atoms with Gasteiger partial charge in [-0.25, -0.2) is 8.78 Å². The number of ether oxygens (including phenoxy) is 1. The summed E-state index contributed by atoms with van der Waals surface area (Å²) in [6, 6.07) is 1.98. The van der Waals surface area contributed by atoms with Gasteiger partial charge in [0.1, 0.15) is 17.4 Å². The quantitative estimate of drug-likeness (QED) is 0.743. The Labute approximate surface area is 99.7 Å². The second kappa shape index (κ2) is 4.59. The number of rotatable bonds is 1. The van der Waals surface area contributed by atoms with Crippen LogP contribution in [0.5, 0.6) is 0 Å². The van der Waals surface area contributed by atoms with E-state index in [9.17, 15) is 13.6 Å². The number of hydrogen-bond donors (Lipinski definition) is 0. The minimum absolute atomic E-state index is 0.0489. The van der Waals surface area contributed by atoms with Gasteiger partial charge >= 0.3 is 0 Å². The molecule has 1 atom stereocenters. The molecule has 1 unspecified atom stereocenters. The van der Waals surface area contributed by atoms with Gasteiger partial charge in [-0.1, -0.05) is 0 Å². The third kappa shape index (κ3) is 2.30. The SMILES string of the molecule is O=C1CCOC(c2cc(F)cc(F)c2Br)C1. The summed E-state index contributed by atoms with van der Waals surface area (Å²) < 4.78 is 31.8. The number of ketones is 1. The Kier molecular flexibility index (Phi) is 3.35. The Bertz CT molecular complexity index is 434. The molecule has 0 saturated carbocycles. The summed E-state index contributed by atoms with van der Waals surface area (Å²) in [5, 5.41) is 0. The van der Waals surface area contributed by atoms with Crippen molar-refractivity contribution in [1.82, 2.24) is 0 Å². The molecule has 0 aliphatic carbocycles. The minimum atomic E-state index is -0.684. The Hall–Kier alpha value is -0.810. The molecule has 0 aromatic heterocycles. The smallest absolute Gasteiger partial charge is 0.140 e. The fourth-order valence-corrected chi connectivity index (χ4v) is 2.18. The molecule has 1 aliphatic heterocycles. The van der Waals surface area contributed by atoms with E-state index in [1.54, 1.807) is 0 Å². The van der Waals surface area contributed by atoms with Gasteiger partial charge in [0.2, 0.25) is 0 Å². The van der Waals surface area contributed by atoms with Gasteiger partial charge in [-0.15, -0.1) is 0 Å². The van der Waals surface area contributed by atoms with E-state index in [-0.39, 0.29) is 16.7 Å². The van der Waals surface area contributed by atoms with E-state index in [0.29, 0.717) is 18.6 Å². The average molecular weight is 291 g/mol. The predicted octanol–water partition coefficient (Wildman–Crippen LogP) is 3.15. The van der Waals surface area contributed by atoms with Gasteiger partial charge in [-0.05, 0) is 22.0 Å². The lowest BCUT2D eigenvalue weighted by molar-refractivity contribution is -0.128. The highest BCUT2D eigenvalue weighted by Gasteiger charge is 2.25. The summed E-state index contributed by atoms with van der Waals surface area (Å²) in [7, 11) is 0. The van der Waals surface area contributed by atoms with Crippen LogP contribution in [0.1, 0.15) is 24.5 Å². The van der Waals surface area contributed by atoms with Crippen LogP contribution in [-0.4, -0.2) is 12.4 Å². The van der Waals surface area contributed by atoms with E-state index in [1.807, 2.05) is 0 Å². The first kappa shape index (κ1) is 11.7. The summed E-state index contributed by atoms with van der Waals surface area (Å²) in [6.07, 6.45) is -0.0197. The third-order valence-corrected chi connectivity index (χ3v) is 3.32. The van der Waals surface area contributed by atoms with E-state index >= 15 is 0 Å². The summed E-state index contributed by atoms with van der Waals surface area (Å²) >= 11 is 3.04. The standard InChI is InChI=1S/C11H9BrF2O2/c12-11-8(3-6(13)4-9(11)14)10-5-7(15)1-2-16-10/h3-4,10H,1-2,5H2. The molecule has 1 aromatic rings. The predicted molar refractivity (Wildman–Crippen MR) is 57.0 cm³/mol. The van der Waals surface area contributed by atoms with Crippen molar-refractivity contribution in [2.45, 2.75) is 18.9 Å². The normalized spacial score (nSPS) is 21.2. The van der Waals surface area contributed by atoms with Crippen LogP contribution < -0.4 is 0 Å². The third-order valence-electron chi connectivity index (χ3n) is 2.48. The largest absolute Gasteiger partial charge is 0.373 e. The van der Waals surface area contributed by atoms with Gasteiger partial charge in [-0.3, -0.25) is 4.79 Å². The molecule has 86 valence electrons. The zero-order valence-corrected chi connectivity index (χ0v) is 9.89. The molecule has 0 N–H and O–H groups in total. The zero-order valence-electron chi connectivity index (χ0n) is 8.30. The molecule has 16 heavy (non-hydrogen) atoms. The molecule has 1 aromatic carbocycles. The lowest BCUT2D eigenvalue weighted by atomic mass is 10.0. The summed E-state index contributed by atoms with van der Waals surface area (Å²) in [5.41, 5.74) is 0.352. The molecule has 2 nitrogen and oxygen atoms in total. The first-order valence-electron chi connectivity index (χ1n) is 4.85. The van der Waals surface area contributed by atoms with Crippen molar-refractivity contribution in [3.8, 4) is 0 Å². The summed E-state index contributed by atoms with van der Waals surface area (Å²) in [6.45, 7) is 0.300. The van der Waals surface area contributed by atoms with Gasteiger partial charge in [-0.2, -0.15) is 0 Å². The molecule has 0 amide bonds. The minimum Gasteiger partial charge on any atom is -0.373 e. The monoisotopic (exact) mass is 290 g/mol. The topological polar surface area (TPSA) is 26.3 Å². The van der Waals surface area contributed by atoms with Crippen LogP contribution in [0.4, 0.5) is 8.78 Å². The molecular weight excluding hydrogens is 282 g/mol. The maximum absolute atomic E-state index is 13.3. The maximum atomic E-state index is 13.3. The molecule has 2 rings (SSSR count). The van der Waals surface area contributed by atoms with E-state index in [2.05, 4.69) is 15.9 Å². The van der Waals surface area contributed by atoms with Crippen LogP contribution in [0.3, 0.4) is 0 Å². The fraction of sp³-hybridized carbons (Fsp3) is 0.364. The lowest BCUT2D eigenvalue weighted by Gasteiger charge is -2.23. The number of hydrogen-bond acceptors (Lipinski definition) is 2. The molecule has 0 radical (unpaired) electrons.